The molecule has 1 atom stereocenters. The molecule has 5 nitrogen and oxygen atoms in total. The molecule has 0 aliphatic heterocycles. The first kappa shape index (κ1) is 16.1. The van der Waals surface area contributed by atoms with E-state index in [-0.39, 0.29) is 11.3 Å². The van der Waals surface area contributed by atoms with E-state index in [0.717, 1.165) is 5.56 Å². The fraction of sp³-hybridized carbons (Fsp3) is 0.417. The van der Waals surface area contributed by atoms with Gasteiger partial charge in [0.25, 0.3) is 0 Å². The van der Waals surface area contributed by atoms with Crippen molar-refractivity contribution in [1.82, 2.24) is 4.72 Å². The highest BCUT2D eigenvalue weighted by atomic mass is 79.9. The van der Waals surface area contributed by atoms with E-state index in [1.54, 1.807) is 19.9 Å². The van der Waals surface area contributed by atoms with Gasteiger partial charge in [0.1, 0.15) is 6.04 Å². The first-order valence-corrected chi connectivity index (χ1v) is 8.06. The van der Waals surface area contributed by atoms with Crippen LogP contribution >= 0.6 is 15.9 Å². The van der Waals surface area contributed by atoms with Crippen LogP contribution in [0.3, 0.4) is 0 Å². The first-order valence-electron chi connectivity index (χ1n) is 5.78. The molecule has 1 aromatic rings. The monoisotopic (exact) mass is 349 g/mol. The number of carboxylic acid groups (broad SMARTS) is 1. The summed E-state index contributed by atoms with van der Waals surface area (Å²) in [5.41, 5.74) is 0.775. The number of hydrogen-bond acceptors (Lipinski definition) is 3. The molecule has 19 heavy (non-hydrogen) atoms. The minimum Gasteiger partial charge on any atom is -0.480 e. The van der Waals surface area contributed by atoms with Gasteiger partial charge in [0.15, 0.2) is 0 Å². The third-order valence-electron chi connectivity index (χ3n) is 2.50. The maximum atomic E-state index is 12.1. The Morgan fingerprint density at radius 2 is 2.05 bits per heavy atom. The molecule has 0 saturated heterocycles. The second kappa shape index (κ2) is 6.49. The molecule has 0 heterocycles. The predicted molar refractivity (Wildman–Crippen MR) is 75.5 cm³/mol. The van der Waals surface area contributed by atoms with Gasteiger partial charge >= 0.3 is 5.97 Å². The number of nitrogens with one attached hydrogen (secondary N) is 1. The van der Waals surface area contributed by atoms with Crippen molar-refractivity contribution >= 4 is 31.9 Å². The van der Waals surface area contributed by atoms with E-state index in [4.69, 9.17) is 5.11 Å². The molecule has 0 amide bonds. The Morgan fingerprint density at radius 3 is 2.53 bits per heavy atom. The number of benzene rings is 1. The summed E-state index contributed by atoms with van der Waals surface area (Å²) in [5, 5.41) is 8.99. The first-order chi connectivity index (χ1) is 8.76. The van der Waals surface area contributed by atoms with Gasteiger partial charge in [-0.1, -0.05) is 29.3 Å². The molecule has 0 bridgehead atoms. The lowest BCUT2D eigenvalue weighted by atomic mass is 10.2. The largest absolute Gasteiger partial charge is 0.480 e. The topological polar surface area (TPSA) is 83.5 Å². The summed E-state index contributed by atoms with van der Waals surface area (Å²) in [4.78, 5) is 11.1. The summed E-state index contributed by atoms with van der Waals surface area (Å²) >= 11 is 3.22. The highest BCUT2D eigenvalue weighted by Gasteiger charge is 2.24. The van der Waals surface area contributed by atoms with Crippen molar-refractivity contribution in [2.45, 2.75) is 37.6 Å². The summed E-state index contributed by atoms with van der Waals surface area (Å²) < 4.78 is 27.1. The Hall–Kier alpha value is -0.920. The second-order valence-electron chi connectivity index (χ2n) is 4.27. The standard InChI is InChI=1S/C12H16BrNO4S/c1-3-4-11(12(15)16)14-19(17,18)10-6-8(2)5-9(13)7-10/h5-7,11,14H,3-4H2,1-2H3,(H,15,16). The van der Waals surface area contributed by atoms with Gasteiger partial charge in [0.05, 0.1) is 4.90 Å². The van der Waals surface area contributed by atoms with E-state index in [9.17, 15) is 13.2 Å². The average molecular weight is 350 g/mol. The number of aryl methyl sites for hydroxylation is 1. The minimum absolute atomic E-state index is 0.0572. The van der Waals surface area contributed by atoms with Crippen LogP contribution in [0.1, 0.15) is 25.3 Å². The molecule has 0 saturated carbocycles. The summed E-state index contributed by atoms with van der Waals surface area (Å²) in [6, 6.07) is 3.62. The molecule has 1 unspecified atom stereocenters. The summed E-state index contributed by atoms with van der Waals surface area (Å²) in [6.07, 6.45) is 0.832. The van der Waals surface area contributed by atoms with Crippen LogP contribution in [0.15, 0.2) is 27.6 Å². The Morgan fingerprint density at radius 1 is 1.42 bits per heavy atom. The van der Waals surface area contributed by atoms with Crippen LogP contribution in [0.4, 0.5) is 0 Å². The second-order valence-corrected chi connectivity index (χ2v) is 6.89. The van der Waals surface area contributed by atoms with E-state index in [0.29, 0.717) is 10.9 Å². The maximum Gasteiger partial charge on any atom is 0.321 e. The van der Waals surface area contributed by atoms with Gasteiger partial charge in [-0.2, -0.15) is 4.72 Å². The van der Waals surface area contributed by atoms with Crippen molar-refractivity contribution < 1.29 is 18.3 Å². The third kappa shape index (κ3) is 4.59. The lowest BCUT2D eigenvalue weighted by Crippen LogP contribution is -2.40. The van der Waals surface area contributed by atoms with E-state index in [2.05, 4.69) is 20.7 Å². The number of carboxylic acids is 1. The molecule has 1 aromatic carbocycles. The summed E-state index contributed by atoms with van der Waals surface area (Å²) in [5.74, 6) is -1.17. The van der Waals surface area contributed by atoms with Crippen LogP contribution in [-0.4, -0.2) is 25.5 Å². The van der Waals surface area contributed by atoms with E-state index < -0.39 is 22.0 Å². The molecule has 106 valence electrons. The zero-order chi connectivity index (χ0) is 14.6. The Balaban J connectivity index is 3.06. The van der Waals surface area contributed by atoms with Crippen molar-refractivity contribution in [2.24, 2.45) is 0 Å². The SMILES string of the molecule is CCCC(NS(=O)(=O)c1cc(C)cc(Br)c1)C(=O)O. The lowest BCUT2D eigenvalue weighted by Gasteiger charge is -2.14. The number of hydrogen-bond donors (Lipinski definition) is 2. The Kier molecular flexibility index (Phi) is 5.51. The van der Waals surface area contributed by atoms with Gasteiger partial charge in [-0.05, 0) is 37.1 Å². The summed E-state index contributed by atoms with van der Waals surface area (Å²) in [7, 11) is -3.83. The summed E-state index contributed by atoms with van der Waals surface area (Å²) in [6.45, 7) is 3.57. The van der Waals surface area contributed by atoms with Gasteiger partial charge in [0, 0.05) is 4.47 Å². The van der Waals surface area contributed by atoms with Crippen LogP contribution in [0.25, 0.3) is 0 Å². The van der Waals surface area contributed by atoms with Crippen molar-refractivity contribution in [3.05, 3.63) is 28.2 Å². The molecule has 0 aliphatic carbocycles. The molecule has 0 fully saturated rings. The number of sulfonamides is 1. The zero-order valence-electron chi connectivity index (χ0n) is 10.7. The quantitative estimate of drug-likeness (QED) is 0.825. The van der Waals surface area contributed by atoms with Crippen LogP contribution in [0, 0.1) is 6.92 Å². The fourth-order valence-electron chi connectivity index (χ4n) is 1.63. The highest BCUT2D eigenvalue weighted by molar-refractivity contribution is 9.10. The van der Waals surface area contributed by atoms with E-state index >= 15 is 0 Å². The van der Waals surface area contributed by atoms with Crippen molar-refractivity contribution in [3.8, 4) is 0 Å². The van der Waals surface area contributed by atoms with Gasteiger partial charge < -0.3 is 5.11 Å². The zero-order valence-corrected chi connectivity index (χ0v) is 13.1. The van der Waals surface area contributed by atoms with Crippen LogP contribution < -0.4 is 4.72 Å². The van der Waals surface area contributed by atoms with Gasteiger partial charge in [-0.3, -0.25) is 4.79 Å². The number of aliphatic carboxylic acids is 1. The van der Waals surface area contributed by atoms with Crippen molar-refractivity contribution in [2.75, 3.05) is 0 Å². The molecule has 1 rings (SSSR count). The number of rotatable bonds is 6. The average Bonchev–Trinajstić information content (AvgIpc) is 2.26. The van der Waals surface area contributed by atoms with Gasteiger partial charge in [-0.25, -0.2) is 8.42 Å². The molecule has 0 aromatic heterocycles. The molecule has 7 heteroatoms. The van der Waals surface area contributed by atoms with Crippen LogP contribution in [-0.2, 0) is 14.8 Å². The Bertz CT molecular complexity index is 551. The van der Waals surface area contributed by atoms with Crippen molar-refractivity contribution in [1.29, 1.82) is 0 Å². The van der Waals surface area contributed by atoms with Crippen LogP contribution in [0.5, 0.6) is 0 Å². The number of carbonyl (C=O) groups is 1. The lowest BCUT2D eigenvalue weighted by molar-refractivity contribution is -0.139. The third-order valence-corrected chi connectivity index (χ3v) is 4.41. The van der Waals surface area contributed by atoms with Gasteiger partial charge in [-0.15, -0.1) is 0 Å². The molecular weight excluding hydrogens is 334 g/mol. The minimum atomic E-state index is -3.83. The van der Waals surface area contributed by atoms with E-state index in [1.807, 2.05) is 0 Å². The predicted octanol–water partition coefficient (Wildman–Crippen LogP) is 2.29. The molecule has 2 N–H and O–H groups in total. The fourth-order valence-corrected chi connectivity index (χ4v) is 3.75. The highest BCUT2D eigenvalue weighted by Crippen LogP contribution is 2.19. The maximum absolute atomic E-state index is 12.1. The molecule has 0 aliphatic rings. The molecular formula is C12H16BrNO4S. The molecule has 0 spiro atoms. The van der Waals surface area contributed by atoms with E-state index in [1.165, 1.54) is 12.1 Å². The van der Waals surface area contributed by atoms with Crippen molar-refractivity contribution in [3.63, 3.8) is 0 Å². The number of halogens is 1. The molecule has 0 radical (unpaired) electrons. The smallest absolute Gasteiger partial charge is 0.321 e. The van der Waals surface area contributed by atoms with Crippen LogP contribution in [0.2, 0.25) is 0 Å². The normalized spacial score (nSPS) is 13.2. The Labute approximate surface area is 121 Å². The van der Waals surface area contributed by atoms with Gasteiger partial charge in [0.2, 0.25) is 10.0 Å².